The second kappa shape index (κ2) is 9.20. The summed E-state index contributed by atoms with van der Waals surface area (Å²) >= 11 is 8.10. The highest BCUT2D eigenvalue weighted by Gasteiger charge is 2.27. The maximum absolute atomic E-state index is 12.4. The van der Waals surface area contributed by atoms with Crippen molar-refractivity contribution in [3.8, 4) is 0 Å². The molecule has 1 fully saturated rings. The summed E-state index contributed by atoms with van der Waals surface area (Å²) < 4.78 is 2.09. The number of carbonyl (C=O) groups is 2. The highest BCUT2D eigenvalue weighted by Crippen LogP contribution is 2.35. The lowest BCUT2D eigenvalue weighted by Crippen LogP contribution is -2.41. The molecular weight excluding hydrogens is 432 g/mol. The Kier molecular flexibility index (Phi) is 6.39. The third-order valence-electron chi connectivity index (χ3n) is 5.54. The lowest BCUT2D eigenvalue weighted by molar-refractivity contribution is -0.144. The number of nitrogens with zero attached hydrogens (tertiary/aromatic N) is 2. The highest BCUT2D eigenvalue weighted by atomic mass is 35.5. The molecular formula is C24H23ClN2O3S. The van der Waals surface area contributed by atoms with Crippen LogP contribution < -0.4 is 0 Å². The van der Waals surface area contributed by atoms with Gasteiger partial charge >= 0.3 is 5.97 Å². The van der Waals surface area contributed by atoms with Gasteiger partial charge in [0.05, 0.1) is 10.9 Å². The fourth-order valence-electron chi connectivity index (χ4n) is 3.81. The van der Waals surface area contributed by atoms with E-state index in [4.69, 9.17) is 11.6 Å². The van der Waals surface area contributed by atoms with Gasteiger partial charge in [0.1, 0.15) is 0 Å². The van der Waals surface area contributed by atoms with Gasteiger partial charge in [-0.05, 0) is 60.9 Å². The van der Waals surface area contributed by atoms with Crippen LogP contribution in [0.15, 0.2) is 64.5 Å². The zero-order valence-corrected chi connectivity index (χ0v) is 18.7. The van der Waals surface area contributed by atoms with Gasteiger partial charge in [0.25, 0.3) is 0 Å². The van der Waals surface area contributed by atoms with Crippen molar-refractivity contribution in [2.75, 3.05) is 13.1 Å². The summed E-state index contributed by atoms with van der Waals surface area (Å²) in [6, 6.07) is 14.1. The van der Waals surface area contributed by atoms with Crippen LogP contribution in [0, 0.1) is 5.92 Å². The Labute approximate surface area is 190 Å². The molecule has 31 heavy (non-hydrogen) atoms. The third-order valence-corrected chi connectivity index (χ3v) is 7.03. The minimum Gasteiger partial charge on any atom is -0.481 e. The van der Waals surface area contributed by atoms with E-state index in [1.807, 2.05) is 31.4 Å². The molecule has 0 radical (unpaired) electrons. The van der Waals surface area contributed by atoms with Crippen molar-refractivity contribution >= 4 is 52.2 Å². The molecule has 3 aromatic rings. The second-order valence-electron chi connectivity index (χ2n) is 7.73. The van der Waals surface area contributed by atoms with Gasteiger partial charge in [-0.2, -0.15) is 0 Å². The molecule has 0 spiro atoms. The molecule has 1 aromatic heterocycles. The van der Waals surface area contributed by atoms with E-state index in [9.17, 15) is 14.7 Å². The summed E-state index contributed by atoms with van der Waals surface area (Å²) in [6.45, 7) is 0.857. The monoisotopic (exact) mass is 454 g/mol. The molecule has 1 aliphatic rings. The number of rotatable bonds is 5. The number of likely N-dealkylation sites (tertiary alicyclic amines) is 1. The number of amides is 1. The molecule has 1 atom stereocenters. The van der Waals surface area contributed by atoms with Gasteiger partial charge in [-0.1, -0.05) is 29.4 Å². The zero-order valence-electron chi connectivity index (χ0n) is 17.1. The molecule has 1 unspecified atom stereocenters. The van der Waals surface area contributed by atoms with Crippen molar-refractivity contribution in [3.05, 3.63) is 65.3 Å². The number of hydrogen-bond acceptors (Lipinski definition) is 3. The number of aliphatic carboxylic acids is 1. The molecule has 1 N–H and O–H groups in total. The average Bonchev–Trinajstić information content (AvgIpc) is 3.14. The van der Waals surface area contributed by atoms with E-state index >= 15 is 0 Å². The van der Waals surface area contributed by atoms with E-state index in [-0.39, 0.29) is 12.5 Å². The third kappa shape index (κ3) is 4.97. The molecule has 4 rings (SSSR count). The minimum absolute atomic E-state index is 0.170. The van der Waals surface area contributed by atoms with Crippen LogP contribution in [-0.4, -0.2) is 39.5 Å². The number of piperidine rings is 1. The van der Waals surface area contributed by atoms with Crippen molar-refractivity contribution < 1.29 is 14.7 Å². The van der Waals surface area contributed by atoms with Gasteiger partial charge < -0.3 is 14.6 Å². The molecule has 1 aliphatic heterocycles. The molecule has 160 valence electrons. The van der Waals surface area contributed by atoms with E-state index in [1.165, 1.54) is 17.0 Å². The number of aromatic nitrogens is 1. The average molecular weight is 455 g/mol. The molecule has 1 amide bonds. The number of fused-ring (bicyclic) bond motifs is 1. The van der Waals surface area contributed by atoms with E-state index in [0.717, 1.165) is 15.4 Å². The first-order valence-electron chi connectivity index (χ1n) is 10.1. The number of halogens is 1. The van der Waals surface area contributed by atoms with Crippen LogP contribution in [0.3, 0.4) is 0 Å². The van der Waals surface area contributed by atoms with Gasteiger partial charge in [-0.3, -0.25) is 9.59 Å². The number of hydrogen-bond donors (Lipinski definition) is 1. The molecule has 0 aliphatic carbocycles. The smallest absolute Gasteiger partial charge is 0.308 e. The highest BCUT2D eigenvalue weighted by molar-refractivity contribution is 7.99. The van der Waals surface area contributed by atoms with Gasteiger partial charge in [0, 0.05) is 53.1 Å². The second-order valence-corrected chi connectivity index (χ2v) is 9.26. The number of carboxylic acid groups (broad SMARTS) is 1. The Morgan fingerprint density at radius 1 is 1.19 bits per heavy atom. The quantitative estimate of drug-likeness (QED) is 0.530. The van der Waals surface area contributed by atoms with Crippen molar-refractivity contribution in [3.63, 3.8) is 0 Å². The molecule has 5 nitrogen and oxygen atoms in total. The van der Waals surface area contributed by atoms with Crippen LogP contribution in [0.2, 0.25) is 5.02 Å². The summed E-state index contributed by atoms with van der Waals surface area (Å²) in [5, 5.41) is 11.0. The Bertz CT molecular complexity index is 1170. The van der Waals surface area contributed by atoms with Gasteiger partial charge in [0.15, 0.2) is 0 Å². The minimum atomic E-state index is -0.840. The van der Waals surface area contributed by atoms with Gasteiger partial charge in [0.2, 0.25) is 5.91 Å². The number of benzene rings is 2. The molecule has 0 saturated carbocycles. The SMILES string of the molecule is Cn1ccc2cc(Sc3ccc(/C=C/C(=O)N4CCCC(C(=O)O)C4)cc3Cl)ccc21. The topological polar surface area (TPSA) is 62.5 Å². The van der Waals surface area contributed by atoms with Crippen LogP contribution >= 0.6 is 23.4 Å². The lowest BCUT2D eigenvalue weighted by Gasteiger charge is -2.29. The predicted octanol–water partition coefficient (Wildman–Crippen LogP) is 5.32. The summed E-state index contributed by atoms with van der Waals surface area (Å²) in [5.41, 5.74) is 2.01. The Balaban J connectivity index is 1.43. The molecule has 0 bridgehead atoms. The van der Waals surface area contributed by atoms with Crippen molar-refractivity contribution in [1.29, 1.82) is 0 Å². The lowest BCUT2D eigenvalue weighted by atomic mass is 9.98. The maximum atomic E-state index is 12.4. The first-order chi connectivity index (χ1) is 14.9. The fraction of sp³-hybridized carbons (Fsp3) is 0.250. The standard InChI is InChI=1S/C24H23ClN2O3S/c1-26-12-10-17-14-19(6-7-21(17)26)31-22-8-4-16(13-20(22)25)5-9-23(28)27-11-2-3-18(15-27)24(29)30/h4-10,12-14,18H,2-3,11,15H2,1H3,(H,29,30)/b9-5+. The Hall–Kier alpha value is -2.70. The van der Waals surface area contributed by atoms with Crippen molar-refractivity contribution in [1.82, 2.24) is 9.47 Å². The molecule has 1 saturated heterocycles. The largest absolute Gasteiger partial charge is 0.481 e. The van der Waals surface area contributed by atoms with E-state index in [2.05, 4.69) is 28.8 Å². The van der Waals surface area contributed by atoms with Crippen LogP contribution in [0.4, 0.5) is 0 Å². The van der Waals surface area contributed by atoms with Crippen LogP contribution in [0.5, 0.6) is 0 Å². The fourth-order valence-corrected chi connectivity index (χ4v) is 4.98. The Morgan fingerprint density at radius 2 is 2.03 bits per heavy atom. The summed E-state index contributed by atoms with van der Waals surface area (Å²) in [6.07, 6.45) is 6.59. The number of carboxylic acids is 1. The molecule has 2 heterocycles. The summed E-state index contributed by atoms with van der Waals surface area (Å²) in [4.78, 5) is 27.3. The molecule has 7 heteroatoms. The first-order valence-corrected chi connectivity index (χ1v) is 11.3. The van der Waals surface area contributed by atoms with Crippen LogP contribution in [-0.2, 0) is 16.6 Å². The van der Waals surface area contributed by atoms with Crippen LogP contribution in [0.25, 0.3) is 17.0 Å². The van der Waals surface area contributed by atoms with Gasteiger partial charge in [-0.15, -0.1) is 0 Å². The summed E-state index contributed by atoms with van der Waals surface area (Å²) in [7, 11) is 2.03. The van der Waals surface area contributed by atoms with Gasteiger partial charge in [-0.25, -0.2) is 0 Å². The van der Waals surface area contributed by atoms with Crippen molar-refractivity contribution in [2.45, 2.75) is 22.6 Å². The zero-order chi connectivity index (χ0) is 22.0. The predicted molar refractivity (Wildman–Crippen MR) is 124 cm³/mol. The summed E-state index contributed by atoms with van der Waals surface area (Å²) in [5.74, 6) is -1.49. The van der Waals surface area contributed by atoms with E-state index in [1.54, 1.807) is 22.7 Å². The van der Waals surface area contributed by atoms with Crippen molar-refractivity contribution in [2.24, 2.45) is 13.0 Å². The number of carbonyl (C=O) groups excluding carboxylic acids is 1. The van der Waals surface area contributed by atoms with E-state index in [0.29, 0.717) is 24.4 Å². The first kappa shape index (κ1) is 21.5. The normalized spacial score (nSPS) is 16.8. The van der Waals surface area contributed by atoms with Crippen LogP contribution in [0.1, 0.15) is 18.4 Å². The number of aryl methyl sites for hydroxylation is 1. The van der Waals surface area contributed by atoms with E-state index < -0.39 is 11.9 Å². The molecule has 2 aromatic carbocycles. The Morgan fingerprint density at radius 3 is 2.81 bits per heavy atom. The maximum Gasteiger partial charge on any atom is 0.308 e.